The monoisotopic (exact) mass is 142 g/mol. The van der Waals surface area contributed by atoms with Gasteiger partial charge in [0.2, 0.25) is 0 Å². The molecule has 0 radical (unpaired) electrons. The van der Waals surface area contributed by atoms with Crippen molar-refractivity contribution in [2.24, 2.45) is 0 Å². The molecule has 0 bridgehead atoms. The van der Waals surface area contributed by atoms with Crippen LogP contribution in [0.4, 0.5) is 0 Å². The van der Waals surface area contributed by atoms with E-state index >= 15 is 0 Å². The number of aromatic nitrogens is 2. The summed E-state index contributed by atoms with van der Waals surface area (Å²) in [6, 6.07) is 0. The molecule has 1 aromatic rings. The van der Waals surface area contributed by atoms with Gasteiger partial charge < -0.3 is 0 Å². The second kappa shape index (κ2) is 2.55. The fourth-order valence-electron chi connectivity index (χ4n) is 0.401. The highest BCUT2D eigenvalue weighted by atomic mass is 35.5. The normalized spacial score (nSPS) is 9.00. The first kappa shape index (κ1) is 6.16. The van der Waals surface area contributed by atoms with Gasteiger partial charge in [-0.25, -0.2) is 9.97 Å². The molecule has 0 aliphatic heterocycles. The molecule has 4 heteroatoms. The van der Waals surface area contributed by atoms with Crippen molar-refractivity contribution in [3.05, 3.63) is 24.3 Å². The fourth-order valence-corrected chi connectivity index (χ4v) is 0.498. The van der Waals surface area contributed by atoms with Gasteiger partial charge in [0, 0.05) is 12.4 Å². The predicted octanol–water partition coefficient (Wildman–Crippen LogP) is 0.856. The first-order chi connectivity index (χ1) is 4.30. The van der Waals surface area contributed by atoms with Gasteiger partial charge in [0.25, 0.3) is 5.24 Å². The van der Waals surface area contributed by atoms with Crippen molar-refractivity contribution >= 4 is 16.8 Å². The lowest BCUT2D eigenvalue weighted by Gasteiger charge is -1.86. The van der Waals surface area contributed by atoms with Crippen LogP contribution in [0.3, 0.4) is 0 Å². The summed E-state index contributed by atoms with van der Waals surface area (Å²) in [7, 11) is 0. The molecule has 0 aliphatic rings. The van der Waals surface area contributed by atoms with Gasteiger partial charge >= 0.3 is 0 Å². The molecule has 0 saturated carbocycles. The molecule has 0 amide bonds. The van der Waals surface area contributed by atoms with E-state index in [9.17, 15) is 4.79 Å². The van der Waals surface area contributed by atoms with E-state index in [1.165, 1.54) is 18.7 Å². The fraction of sp³-hybridized carbons (Fsp3) is 0. The Morgan fingerprint density at radius 1 is 1.44 bits per heavy atom. The minimum absolute atomic E-state index is 0.319. The quantitative estimate of drug-likeness (QED) is 0.546. The molecule has 0 saturated heterocycles. The average Bonchev–Trinajstić information content (AvgIpc) is 1.90. The van der Waals surface area contributed by atoms with Crippen molar-refractivity contribution in [2.45, 2.75) is 0 Å². The van der Waals surface area contributed by atoms with Crippen LogP contribution in [0.15, 0.2) is 18.7 Å². The molecule has 3 nitrogen and oxygen atoms in total. The van der Waals surface area contributed by atoms with E-state index in [0.29, 0.717) is 5.56 Å². The summed E-state index contributed by atoms with van der Waals surface area (Å²) in [4.78, 5) is 17.5. The van der Waals surface area contributed by atoms with Crippen molar-refractivity contribution in [3.8, 4) is 0 Å². The zero-order valence-corrected chi connectivity index (χ0v) is 5.17. The molecule has 1 heterocycles. The maximum atomic E-state index is 10.3. The Kier molecular flexibility index (Phi) is 1.75. The van der Waals surface area contributed by atoms with Crippen LogP contribution in [0.1, 0.15) is 10.4 Å². The van der Waals surface area contributed by atoms with Crippen LogP contribution in [0.25, 0.3) is 0 Å². The highest BCUT2D eigenvalue weighted by Crippen LogP contribution is 1.96. The van der Waals surface area contributed by atoms with Gasteiger partial charge in [-0.05, 0) is 11.6 Å². The van der Waals surface area contributed by atoms with Crippen LogP contribution < -0.4 is 0 Å². The Bertz CT molecular complexity index is 211. The highest BCUT2D eigenvalue weighted by molar-refractivity contribution is 6.67. The lowest BCUT2D eigenvalue weighted by atomic mass is 10.4. The maximum absolute atomic E-state index is 10.3. The highest BCUT2D eigenvalue weighted by Gasteiger charge is 1.98. The van der Waals surface area contributed by atoms with E-state index in [4.69, 9.17) is 11.6 Å². The molecule has 0 spiro atoms. The molecule has 0 aliphatic carbocycles. The second-order valence-corrected chi connectivity index (χ2v) is 1.74. The standard InChI is InChI=1S/C5H3ClN2O/c6-5(9)4-1-7-3-8-2-4/h1-3H. The van der Waals surface area contributed by atoms with Crippen LogP contribution in [0.5, 0.6) is 0 Å². The summed E-state index contributed by atoms with van der Waals surface area (Å²) in [6.45, 7) is 0. The largest absolute Gasteiger partial charge is 0.275 e. The van der Waals surface area contributed by atoms with Gasteiger partial charge in [-0.2, -0.15) is 0 Å². The number of hydrogen-bond acceptors (Lipinski definition) is 3. The van der Waals surface area contributed by atoms with Crippen molar-refractivity contribution in [3.63, 3.8) is 0 Å². The van der Waals surface area contributed by atoms with Gasteiger partial charge in [0.1, 0.15) is 6.33 Å². The van der Waals surface area contributed by atoms with E-state index in [0.717, 1.165) is 0 Å². The van der Waals surface area contributed by atoms with E-state index < -0.39 is 5.24 Å². The molecular weight excluding hydrogens is 140 g/mol. The summed E-state index contributed by atoms with van der Waals surface area (Å²) in [5.41, 5.74) is 0.319. The summed E-state index contributed by atoms with van der Waals surface area (Å²) in [5, 5.41) is -0.532. The summed E-state index contributed by atoms with van der Waals surface area (Å²) in [6.07, 6.45) is 4.06. The number of hydrogen-bond donors (Lipinski definition) is 0. The van der Waals surface area contributed by atoms with Gasteiger partial charge in [0.15, 0.2) is 0 Å². The van der Waals surface area contributed by atoms with Crippen molar-refractivity contribution in [1.82, 2.24) is 9.97 Å². The molecule has 0 atom stereocenters. The Hall–Kier alpha value is -0.960. The molecule has 0 fully saturated rings. The van der Waals surface area contributed by atoms with Gasteiger partial charge in [0.05, 0.1) is 5.56 Å². The Labute approximate surface area is 56.7 Å². The molecular formula is C5H3ClN2O. The Morgan fingerprint density at radius 2 is 2.00 bits per heavy atom. The van der Waals surface area contributed by atoms with Gasteiger partial charge in [-0.1, -0.05) is 0 Å². The molecule has 1 rings (SSSR count). The lowest BCUT2D eigenvalue weighted by molar-refractivity contribution is 0.108. The molecule has 0 aromatic carbocycles. The number of carbonyl (C=O) groups excluding carboxylic acids is 1. The molecule has 0 N–H and O–H groups in total. The van der Waals surface area contributed by atoms with Crippen LogP contribution in [-0.4, -0.2) is 15.2 Å². The number of nitrogens with zero attached hydrogens (tertiary/aromatic N) is 2. The molecule has 46 valence electrons. The second-order valence-electron chi connectivity index (χ2n) is 1.40. The van der Waals surface area contributed by atoms with Crippen LogP contribution in [0.2, 0.25) is 0 Å². The molecule has 1 aromatic heterocycles. The SMILES string of the molecule is O=C(Cl)c1cncnc1. The Balaban J connectivity index is 2.98. The van der Waals surface area contributed by atoms with E-state index in [1.807, 2.05) is 0 Å². The zero-order chi connectivity index (χ0) is 6.69. The van der Waals surface area contributed by atoms with Crippen LogP contribution in [-0.2, 0) is 0 Å². The summed E-state index contributed by atoms with van der Waals surface area (Å²) < 4.78 is 0. The predicted molar refractivity (Wildman–Crippen MR) is 32.2 cm³/mol. The first-order valence-corrected chi connectivity index (χ1v) is 2.63. The third-order valence-electron chi connectivity index (χ3n) is 0.788. The molecule has 0 unspecified atom stereocenters. The lowest BCUT2D eigenvalue weighted by Crippen LogP contribution is -1.89. The third kappa shape index (κ3) is 1.47. The van der Waals surface area contributed by atoms with E-state index in [-0.39, 0.29) is 0 Å². The van der Waals surface area contributed by atoms with Crippen molar-refractivity contribution in [1.29, 1.82) is 0 Å². The summed E-state index contributed by atoms with van der Waals surface area (Å²) in [5.74, 6) is 0. The van der Waals surface area contributed by atoms with E-state index in [1.54, 1.807) is 0 Å². The smallest absolute Gasteiger partial charge is 0.255 e. The first-order valence-electron chi connectivity index (χ1n) is 2.25. The number of rotatable bonds is 1. The topological polar surface area (TPSA) is 42.9 Å². The third-order valence-corrected chi connectivity index (χ3v) is 1.01. The van der Waals surface area contributed by atoms with Gasteiger partial charge in [-0.15, -0.1) is 0 Å². The molecule has 9 heavy (non-hydrogen) atoms. The number of carbonyl (C=O) groups is 1. The van der Waals surface area contributed by atoms with Crippen LogP contribution >= 0.6 is 11.6 Å². The minimum Gasteiger partial charge on any atom is -0.275 e. The van der Waals surface area contributed by atoms with E-state index in [2.05, 4.69) is 9.97 Å². The van der Waals surface area contributed by atoms with Crippen LogP contribution in [0, 0.1) is 0 Å². The zero-order valence-electron chi connectivity index (χ0n) is 4.41. The minimum atomic E-state index is -0.532. The van der Waals surface area contributed by atoms with Gasteiger partial charge in [-0.3, -0.25) is 4.79 Å². The van der Waals surface area contributed by atoms with Crippen molar-refractivity contribution in [2.75, 3.05) is 0 Å². The number of halogens is 1. The van der Waals surface area contributed by atoms with Crippen molar-refractivity contribution < 1.29 is 4.79 Å². The summed E-state index contributed by atoms with van der Waals surface area (Å²) >= 11 is 5.08. The Morgan fingerprint density at radius 3 is 2.33 bits per heavy atom. The maximum Gasteiger partial charge on any atom is 0.255 e. The average molecular weight is 143 g/mol.